The van der Waals surface area contributed by atoms with Gasteiger partial charge in [-0.1, -0.05) is 32.1 Å². The molecule has 0 amide bonds. The van der Waals surface area contributed by atoms with Crippen LogP contribution in [0.5, 0.6) is 0 Å². The third-order valence-corrected chi connectivity index (χ3v) is 4.82. The highest BCUT2D eigenvalue weighted by Crippen LogP contribution is 2.17. The highest BCUT2D eigenvalue weighted by Gasteiger charge is 2.17. The molecule has 0 aromatic carbocycles. The molecule has 0 radical (unpaired) electrons. The van der Waals surface area contributed by atoms with Crippen LogP contribution in [0.4, 0.5) is 0 Å². The minimum atomic E-state index is 0.551. The number of nitrogens with zero attached hydrogens (tertiary/aromatic N) is 2. The number of nitrogens with two attached hydrogens (primary N) is 1. The van der Waals surface area contributed by atoms with Crippen LogP contribution in [0.15, 0.2) is 4.99 Å². The van der Waals surface area contributed by atoms with Crippen molar-refractivity contribution in [2.24, 2.45) is 10.7 Å². The molecular formula is C16H32N4. The van der Waals surface area contributed by atoms with Gasteiger partial charge < -0.3 is 11.1 Å². The van der Waals surface area contributed by atoms with E-state index in [2.05, 4.69) is 22.1 Å². The van der Waals surface area contributed by atoms with Gasteiger partial charge in [-0.3, -0.25) is 9.89 Å². The highest BCUT2D eigenvalue weighted by molar-refractivity contribution is 5.78. The summed E-state index contributed by atoms with van der Waals surface area (Å²) in [6, 6.07) is 1.27. The molecule has 4 nitrogen and oxygen atoms in total. The number of nitrogens with one attached hydrogen (secondary N) is 1. The zero-order valence-electron chi connectivity index (χ0n) is 13.1. The molecule has 1 atom stereocenters. The predicted molar refractivity (Wildman–Crippen MR) is 86.0 cm³/mol. The topological polar surface area (TPSA) is 53.6 Å². The van der Waals surface area contributed by atoms with Crippen molar-refractivity contribution in [1.29, 1.82) is 0 Å². The Kier molecular flexibility index (Phi) is 6.64. The summed E-state index contributed by atoms with van der Waals surface area (Å²) in [5, 5.41) is 3.42. The van der Waals surface area contributed by atoms with Crippen LogP contribution in [0.2, 0.25) is 0 Å². The van der Waals surface area contributed by atoms with E-state index in [4.69, 9.17) is 5.73 Å². The van der Waals surface area contributed by atoms with Crippen LogP contribution in [0.25, 0.3) is 0 Å². The van der Waals surface area contributed by atoms with Gasteiger partial charge in [0.15, 0.2) is 5.96 Å². The molecule has 2 aliphatic rings. The average Bonchev–Trinajstić information content (AvgIpc) is 2.69. The Balaban J connectivity index is 1.67. The number of guanidine groups is 1. The van der Waals surface area contributed by atoms with Gasteiger partial charge >= 0.3 is 0 Å². The van der Waals surface area contributed by atoms with E-state index in [9.17, 15) is 0 Å². The Morgan fingerprint density at radius 3 is 2.50 bits per heavy atom. The maximum atomic E-state index is 6.03. The fourth-order valence-electron chi connectivity index (χ4n) is 3.47. The second-order valence-corrected chi connectivity index (χ2v) is 6.48. The summed E-state index contributed by atoms with van der Waals surface area (Å²) in [6.45, 7) is 5.44. The molecule has 1 saturated heterocycles. The van der Waals surface area contributed by atoms with Crippen molar-refractivity contribution in [2.75, 3.05) is 19.6 Å². The zero-order chi connectivity index (χ0) is 14.2. The van der Waals surface area contributed by atoms with Gasteiger partial charge in [-0.15, -0.1) is 0 Å². The number of likely N-dealkylation sites (tertiary alicyclic amines) is 1. The van der Waals surface area contributed by atoms with Crippen molar-refractivity contribution in [2.45, 2.75) is 76.8 Å². The maximum Gasteiger partial charge on any atom is 0.188 e. The van der Waals surface area contributed by atoms with Gasteiger partial charge in [0.1, 0.15) is 0 Å². The van der Waals surface area contributed by atoms with Gasteiger partial charge in [-0.2, -0.15) is 0 Å². The normalized spacial score (nSPS) is 27.2. The lowest BCUT2D eigenvalue weighted by molar-refractivity contribution is 0.166. The van der Waals surface area contributed by atoms with Crippen molar-refractivity contribution in [3.8, 4) is 0 Å². The molecule has 20 heavy (non-hydrogen) atoms. The number of rotatable bonds is 4. The van der Waals surface area contributed by atoms with Crippen molar-refractivity contribution >= 4 is 5.96 Å². The van der Waals surface area contributed by atoms with Gasteiger partial charge in [0.25, 0.3) is 0 Å². The lowest BCUT2D eigenvalue weighted by Crippen LogP contribution is -2.41. The van der Waals surface area contributed by atoms with Crippen LogP contribution in [0, 0.1) is 0 Å². The van der Waals surface area contributed by atoms with E-state index < -0.39 is 0 Å². The van der Waals surface area contributed by atoms with E-state index in [1.165, 1.54) is 64.3 Å². The first kappa shape index (κ1) is 15.6. The van der Waals surface area contributed by atoms with Crippen LogP contribution in [0.1, 0.15) is 64.7 Å². The van der Waals surface area contributed by atoms with Gasteiger partial charge in [-0.25, -0.2) is 0 Å². The summed E-state index contributed by atoms with van der Waals surface area (Å²) in [5.41, 5.74) is 6.03. The number of hydrogen-bond acceptors (Lipinski definition) is 2. The van der Waals surface area contributed by atoms with Gasteiger partial charge in [-0.05, 0) is 39.2 Å². The molecule has 1 saturated carbocycles. The molecule has 116 valence electrons. The third-order valence-electron chi connectivity index (χ3n) is 4.82. The largest absolute Gasteiger partial charge is 0.370 e. The van der Waals surface area contributed by atoms with E-state index in [1.807, 2.05) is 0 Å². The van der Waals surface area contributed by atoms with Crippen LogP contribution in [-0.2, 0) is 0 Å². The molecular weight excluding hydrogens is 248 g/mol. The van der Waals surface area contributed by atoms with E-state index in [1.54, 1.807) is 0 Å². The first-order valence-corrected chi connectivity index (χ1v) is 8.56. The molecule has 0 bridgehead atoms. The van der Waals surface area contributed by atoms with E-state index in [0.29, 0.717) is 12.0 Å². The lowest BCUT2D eigenvalue weighted by atomic mass is 10.0. The Morgan fingerprint density at radius 1 is 1.10 bits per heavy atom. The van der Waals surface area contributed by atoms with Crippen LogP contribution >= 0.6 is 0 Å². The second kappa shape index (κ2) is 8.50. The fraction of sp³-hybridized carbons (Fsp3) is 0.938. The van der Waals surface area contributed by atoms with Crippen molar-refractivity contribution in [3.05, 3.63) is 0 Å². The smallest absolute Gasteiger partial charge is 0.188 e. The summed E-state index contributed by atoms with van der Waals surface area (Å²) in [7, 11) is 0. The zero-order valence-corrected chi connectivity index (χ0v) is 13.1. The maximum absolute atomic E-state index is 6.03. The first-order valence-electron chi connectivity index (χ1n) is 8.56. The van der Waals surface area contributed by atoms with Crippen LogP contribution in [0.3, 0.4) is 0 Å². The van der Waals surface area contributed by atoms with Gasteiger partial charge in [0, 0.05) is 18.6 Å². The summed E-state index contributed by atoms with van der Waals surface area (Å²) in [6.07, 6.45) is 12.0. The molecule has 1 unspecified atom stereocenters. The number of piperidine rings is 1. The van der Waals surface area contributed by atoms with Crippen molar-refractivity contribution < 1.29 is 0 Å². The molecule has 3 N–H and O–H groups in total. The van der Waals surface area contributed by atoms with E-state index in [0.717, 1.165) is 19.1 Å². The third kappa shape index (κ3) is 5.31. The molecule has 1 heterocycles. The standard InChI is InChI=1S/C16H32N4/c1-14-8-6-7-12-20(14)13-11-18-16(17)19-15-9-4-2-3-5-10-15/h14-15H,2-13H2,1H3,(H3,17,18,19). The molecule has 1 aliphatic heterocycles. The fourth-order valence-corrected chi connectivity index (χ4v) is 3.47. The van der Waals surface area contributed by atoms with E-state index >= 15 is 0 Å². The molecule has 0 aromatic rings. The van der Waals surface area contributed by atoms with Gasteiger partial charge in [0.05, 0.1) is 6.54 Å². The van der Waals surface area contributed by atoms with Crippen molar-refractivity contribution in [1.82, 2.24) is 10.2 Å². The molecule has 2 rings (SSSR count). The molecule has 1 aliphatic carbocycles. The predicted octanol–water partition coefficient (Wildman–Crippen LogP) is 2.49. The summed E-state index contributed by atoms with van der Waals surface area (Å²) < 4.78 is 0. The minimum absolute atomic E-state index is 0.551. The first-order chi connectivity index (χ1) is 9.75. The molecule has 0 spiro atoms. The number of hydrogen-bond donors (Lipinski definition) is 2. The Labute approximate surface area is 124 Å². The molecule has 2 fully saturated rings. The summed E-state index contributed by atoms with van der Waals surface area (Å²) in [4.78, 5) is 7.07. The molecule has 4 heteroatoms. The van der Waals surface area contributed by atoms with E-state index in [-0.39, 0.29) is 0 Å². The number of aliphatic imine (C=N–C) groups is 1. The SMILES string of the molecule is CC1CCCCN1CCN=C(N)NC1CCCCCC1. The van der Waals surface area contributed by atoms with Gasteiger partial charge in [0.2, 0.25) is 0 Å². The van der Waals surface area contributed by atoms with Crippen LogP contribution < -0.4 is 11.1 Å². The molecule has 0 aromatic heterocycles. The van der Waals surface area contributed by atoms with Crippen molar-refractivity contribution in [3.63, 3.8) is 0 Å². The Bertz CT molecular complexity index is 295. The summed E-state index contributed by atoms with van der Waals surface area (Å²) in [5.74, 6) is 0.654. The lowest BCUT2D eigenvalue weighted by Gasteiger charge is -2.32. The quantitative estimate of drug-likeness (QED) is 0.472. The monoisotopic (exact) mass is 280 g/mol. The second-order valence-electron chi connectivity index (χ2n) is 6.48. The Hall–Kier alpha value is -0.770. The Morgan fingerprint density at radius 2 is 1.80 bits per heavy atom. The summed E-state index contributed by atoms with van der Waals surface area (Å²) >= 11 is 0. The highest BCUT2D eigenvalue weighted by atomic mass is 15.2. The minimum Gasteiger partial charge on any atom is -0.370 e. The van der Waals surface area contributed by atoms with Crippen LogP contribution in [-0.4, -0.2) is 42.6 Å². The average molecular weight is 280 g/mol.